The highest BCUT2D eigenvalue weighted by Gasteiger charge is 2.36. The molecule has 140 valence electrons. The van der Waals surface area contributed by atoms with Crippen LogP contribution < -0.4 is 10.6 Å². The second-order valence-corrected chi connectivity index (χ2v) is 6.79. The van der Waals surface area contributed by atoms with E-state index in [9.17, 15) is 14.4 Å². The predicted molar refractivity (Wildman–Crippen MR) is 101 cm³/mol. The Morgan fingerprint density at radius 3 is 2.52 bits per heavy atom. The van der Waals surface area contributed by atoms with E-state index in [1.807, 2.05) is 32.0 Å². The van der Waals surface area contributed by atoms with E-state index >= 15 is 0 Å². The number of hydrogen-bond donors (Lipinski definition) is 1. The lowest BCUT2D eigenvalue weighted by Crippen LogP contribution is -2.27. The first-order valence-corrected chi connectivity index (χ1v) is 8.78. The highest BCUT2D eigenvalue weighted by molar-refractivity contribution is 6.00. The molecule has 2 amide bonds. The molecule has 1 atom stereocenters. The molecule has 2 aromatic rings. The van der Waals surface area contributed by atoms with Gasteiger partial charge in [-0.15, -0.1) is 0 Å². The monoisotopic (exact) mass is 366 g/mol. The molecular formula is C21H22N2O4. The molecule has 1 aliphatic heterocycles. The van der Waals surface area contributed by atoms with Gasteiger partial charge >= 0.3 is 5.97 Å². The van der Waals surface area contributed by atoms with Crippen LogP contribution in [0.15, 0.2) is 42.5 Å². The number of esters is 1. The first kappa shape index (κ1) is 18.6. The molecule has 27 heavy (non-hydrogen) atoms. The van der Waals surface area contributed by atoms with Crippen molar-refractivity contribution in [2.75, 3.05) is 11.4 Å². The van der Waals surface area contributed by atoms with E-state index in [0.717, 1.165) is 22.4 Å². The number of benzene rings is 2. The molecular weight excluding hydrogens is 344 g/mol. The van der Waals surface area contributed by atoms with E-state index in [2.05, 4.69) is 0 Å². The third-order valence-electron chi connectivity index (χ3n) is 4.94. The van der Waals surface area contributed by atoms with Crippen molar-refractivity contribution in [2.24, 2.45) is 11.7 Å². The van der Waals surface area contributed by atoms with Gasteiger partial charge in [0, 0.05) is 24.2 Å². The lowest BCUT2D eigenvalue weighted by atomic mass is 10.1. The number of nitrogens with zero attached hydrogens (tertiary/aromatic N) is 1. The number of anilines is 1. The molecule has 0 saturated carbocycles. The van der Waals surface area contributed by atoms with Crippen molar-refractivity contribution in [2.45, 2.75) is 26.9 Å². The molecule has 1 aliphatic rings. The maximum atomic E-state index is 12.4. The Bertz CT molecular complexity index is 890. The number of primary amides is 1. The molecule has 0 spiro atoms. The summed E-state index contributed by atoms with van der Waals surface area (Å²) in [5.41, 5.74) is 9.34. The van der Waals surface area contributed by atoms with Crippen LogP contribution in [0.25, 0.3) is 0 Å². The van der Waals surface area contributed by atoms with Crippen molar-refractivity contribution in [3.8, 4) is 0 Å². The largest absolute Gasteiger partial charge is 0.461 e. The van der Waals surface area contributed by atoms with Crippen molar-refractivity contribution >= 4 is 23.5 Å². The average molecular weight is 366 g/mol. The number of ether oxygens (including phenoxy) is 1. The van der Waals surface area contributed by atoms with Gasteiger partial charge < -0.3 is 15.4 Å². The van der Waals surface area contributed by atoms with Crippen molar-refractivity contribution in [3.05, 3.63) is 64.7 Å². The first-order chi connectivity index (χ1) is 12.9. The zero-order valence-electron chi connectivity index (χ0n) is 15.4. The standard InChI is InChI=1S/C21H22N2O4/c1-13-4-3-5-18(14(13)2)23-11-17(10-19(23)24)21(26)27-12-15-6-8-16(9-7-15)20(22)25/h3-9,17H,10-12H2,1-2H3,(H2,22,25)/t17-/m0/s1. The Morgan fingerprint density at radius 1 is 1.15 bits per heavy atom. The van der Waals surface area contributed by atoms with Gasteiger partial charge in [-0.25, -0.2) is 0 Å². The number of aryl methyl sites for hydroxylation is 1. The van der Waals surface area contributed by atoms with Crippen LogP contribution in [0.5, 0.6) is 0 Å². The summed E-state index contributed by atoms with van der Waals surface area (Å²) in [7, 11) is 0. The lowest BCUT2D eigenvalue weighted by molar-refractivity contribution is -0.149. The van der Waals surface area contributed by atoms with E-state index in [1.165, 1.54) is 0 Å². The SMILES string of the molecule is Cc1cccc(N2C[C@@H](C(=O)OCc3ccc(C(N)=O)cc3)CC2=O)c1C. The molecule has 6 nitrogen and oxygen atoms in total. The summed E-state index contributed by atoms with van der Waals surface area (Å²) in [6.45, 7) is 4.38. The van der Waals surface area contributed by atoms with Gasteiger partial charge in [-0.3, -0.25) is 14.4 Å². The Kier molecular flexibility index (Phi) is 5.26. The van der Waals surface area contributed by atoms with Gasteiger partial charge in [0.05, 0.1) is 5.92 Å². The predicted octanol–water partition coefficient (Wildman–Crippen LogP) is 2.50. The minimum absolute atomic E-state index is 0.0727. The van der Waals surface area contributed by atoms with Crippen molar-refractivity contribution in [1.82, 2.24) is 0 Å². The van der Waals surface area contributed by atoms with E-state index in [1.54, 1.807) is 29.2 Å². The summed E-state index contributed by atoms with van der Waals surface area (Å²) in [4.78, 5) is 37.5. The molecule has 0 aliphatic carbocycles. The zero-order valence-corrected chi connectivity index (χ0v) is 15.4. The molecule has 0 radical (unpaired) electrons. The number of hydrogen-bond acceptors (Lipinski definition) is 4. The number of carbonyl (C=O) groups excluding carboxylic acids is 3. The van der Waals surface area contributed by atoms with Gasteiger partial charge in [0.15, 0.2) is 0 Å². The normalized spacial score (nSPS) is 16.4. The van der Waals surface area contributed by atoms with Crippen LogP contribution in [-0.2, 0) is 20.9 Å². The van der Waals surface area contributed by atoms with Crippen LogP contribution in [0, 0.1) is 19.8 Å². The summed E-state index contributed by atoms with van der Waals surface area (Å²) < 4.78 is 5.36. The quantitative estimate of drug-likeness (QED) is 0.823. The fraction of sp³-hybridized carbons (Fsp3) is 0.286. The molecule has 0 aromatic heterocycles. The Balaban J connectivity index is 1.62. The van der Waals surface area contributed by atoms with Crippen LogP contribution in [0.3, 0.4) is 0 Å². The van der Waals surface area contributed by atoms with Gasteiger partial charge in [-0.2, -0.15) is 0 Å². The third-order valence-corrected chi connectivity index (χ3v) is 4.94. The van der Waals surface area contributed by atoms with E-state index < -0.39 is 17.8 Å². The number of nitrogens with two attached hydrogens (primary N) is 1. The second kappa shape index (κ2) is 7.61. The lowest BCUT2D eigenvalue weighted by Gasteiger charge is -2.20. The molecule has 1 saturated heterocycles. The average Bonchev–Trinajstić information content (AvgIpc) is 3.04. The molecule has 6 heteroatoms. The summed E-state index contributed by atoms with van der Waals surface area (Å²) in [5, 5.41) is 0. The molecule has 1 heterocycles. The van der Waals surface area contributed by atoms with Crippen molar-refractivity contribution < 1.29 is 19.1 Å². The number of carbonyl (C=O) groups is 3. The van der Waals surface area contributed by atoms with E-state index in [4.69, 9.17) is 10.5 Å². The maximum Gasteiger partial charge on any atom is 0.311 e. The first-order valence-electron chi connectivity index (χ1n) is 8.78. The van der Waals surface area contributed by atoms with Crippen molar-refractivity contribution in [1.29, 1.82) is 0 Å². The smallest absolute Gasteiger partial charge is 0.311 e. The molecule has 0 unspecified atom stereocenters. The van der Waals surface area contributed by atoms with Gasteiger partial charge in [0.2, 0.25) is 11.8 Å². The minimum atomic E-state index is -0.505. The third kappa shape index (κ3) is 4.00. The molecule has 0 bridgehead atoms. The van der Waals surface area contributed by atoms with E-state index in [0.29, 0.717) is 12.1 Å². The van der Waals surface area contributed by atoms with Crippen LogP contribution >= 0.6 is 0 Å². The molecule has 1 fully saturated rings. The molecule has 2 aromatic carbocycles. The highest BCUT2D eigenvalue weighted by Crippen LogP contribution is 2.30. The van der Waals surface area contributed by atoms with Crippen LogP contribution in [-0.4, -0.2) is 24.3 Å². The summed E-state index contributed by atoms with van der Waals surface area (Å²) >= 11 is 0. The summed E-state index contributed by atoms with van der Waals surface area (Å²) in [6, 6.07) is 12.4. The van der Waals surface area contributed by atoms with Gasteiger partial charge in [-0.1, -0.05) is 24.3 Å². The van der Waals surface area contributed by atoms with E-state index in [-0.39, 0.29) is 18.9 Å². The molecule has 3 rings (SSSR count). The fourth-order valence-corrected chi connectivity index (χ4v) is 3.16. The van der Waals surface area contributed by atoms with Gasteiger partial charge in [-0.05, 0) is 48.7 Å². The van der Waals surface area contributed by atoms with Crippen molar-refractivity contribution in [3.63, 3.8) is 0 Å². The van der Waals surface area contributed by atoms with Gasteiger partial charge in [0.1, 0.15) is 6.61 Å². The second-order valence-electron chi connectivity index (χ2n) is 6.79. The van der Waals surface area contributed by atoms with Crippen LogP contribution in [0.1, 0.15) is 33.5 Å². The Labute approximate surface area is 157 Å². The maximum absolute atomic E-state index is 12.4. The topological polar surface area (TPSA) is 89.7 Å². The van der Waals surface area contributed by atoms with Crippen LogP contribution in [0.2, 0.25) is 0 Å². The van der Waals surface area contributed by atoms with Gasteiger partial charge in [0.25, 0.3) is 0 Å². The zero-order chi connectivity index (χ0) is 19.6. The minimum Gasteiger partial charge on any atom is -0.461 e. The summed E-state index contributed by atoms with van der Waals surface area (Å²) in [5.74, 6) is -1.46. The number of rotatable bonds is 5. The van der Waals surface area contributed by atoms with Crippen LogP contribution in [0.4, 0.5) is 5.69 Å². The molecule has 2 N–H and O–H groups in total. The summed E-state index contributed by atoms with van der Waals surface area (Å²) in [6.07, 6.45) is 0.146. The fourth-order valence-electron chi connectivity index (χ4n) is 3.16. The number of amides is 2. The Morgan fingerprint density at radius 2 is 1.85 bits per heavy atom. The highest BCUT2D eigenvalue weighted by atomic mass is 16.5. The Hall–Kier alpha value is -3.15.